The number of fused-ring (bicyclic) bond motifs is 2. The van der Waals surface area contributed by atoms with E-state index in [0.717, 1.165) is 29.7 Å². The molecule has 2 aliphatic heterocycles. The number of methoxy groups -OCH3 is 1. The van der Waals surface area contributed by atoms with Gasteiger partial charge in [0.05, 0.1) is 25.5 Å². The lowest BCUT2D eigenvalue weighted by molar-refractivity contribution is -0.117. The zero-order valence-electron chi connectivity index (χ0n) is 26.0. The van der Waals surface area contributed by atoms with Gasteiger partial charge in [0, 0.05) is 0 Å². The van der Waals surface area contributed by atoms with E-state index in [0.29, 0.717) is 27.8 Å². The van der Waals surface area contributed by atoms with E-state index >= 15 is 0 Å². The van der Waals surface area contributed by atoms with E-state index in [2.05, 4.69) is 6.92 Å². The van der Waals surface area contributed by atoms with Crippen LogP contribution in [0.1, 0.15) is 63.0 Å². The molecular formula is C35H40F3NO6S. The molecule has 2 heterocycles. The number of nitrogens with zero attached hydrogens (tertiary/aromatic N) is 1. The van der Waals surface area contributed by atoms with Crippen LogP contribution in [-0.2, 0) is 14.8 Å². The number of halogens is 3. The van der Waals surface area contributed by atoms with E-state index in [1.54, 1.807) is 12.1 Å². The number of phenolic OH excluding ortho intramolecular Hbond substituents is 1. The molecule has 0 aromatic heterocycles. The molecule has 0 spiro atoms. The van der Waals surface area contributed by atoms with Crippen molar-refractivity contribution in [2.45, 2.75) is 75.5 Å². The minimum absolute atomic E-state index is 0.00921. The van der Waals surface area contributed by atoms with Crippen LogP contribution >= 0.6 is 0 Å². The highest BCUT2D eigenvalue weighted by Crippen LogP contribution is 2.51. The molecule has 3 atom stereocenters. The predicted molar refractivity (Wildman–Crippen MR) is 173 cm³/mol. The van der Waals surface area contributed by atoms with Crippen LogP contribution in [0.25, 0.3) is 11.1 Å². The first-order chi connectivity index (χ1) is 22.0. The van der Waals surface area contributed by atoms with Crippen molar-refractivity contribution in [1.82, 2.24) is 0 Å². The van der Waals surface area contributed by atoms with Gasteiger partial charge >= 0.3 is 6.18 Å². The van der Waals surface area contributed by atoms with Crippen LogP contribution in [0.4, 0.5) is 18.9 Å². The fraction of sp³-hybridized carbons (Fsp3) is 0.429. The standard InChI is InChI=1S/C35H40F3NO6S/c1-3-4-5-6-7-8-21-44-29-17-11-24(12-18-29)32-30-22-31(34(45-30)33(32)25-9-15-27(40)16-10-25)46(41,42)39(23-35(36,37)38)26-13-19-28(43-2)20-14-26/h9-20,30-31,34,40H,3-8,21-23H2,1-2H3/t30-,31+,34+/m1/s1. The maximum Gasteiger partial charge on any atom is 0.407 e. The Hall–Kier alpha value is -3.70. The predicted octanol–water partition coefficient (Wildman–Crippen LogP) is 7.99. The summed E-state index contributed by atoms with van der Waals surface area (Å²) in [4.78, 5) is 0. The number of unbranched alkanes of at least 4 members (excludes halogenated alkanes) is 5. The monoisotopic (exact) mass is 659 g/mol. The Labute approximate surface area is 268 Å². The first kappa shape index (κ1) is 33.7. The zero-order valence-corrected chi connectivity index (χ0v) is 26.8. The molecule has 248 valence electrons. The second-order valence-electron chi connectivity index (χ2n) is 11.7. The number of ether oxygens (including phenoxy) is 3. The molecule has 46 heavy (non-hydrogen) atoms. The SMILES string of the molecule is CCCCCCCCOc1ccc(C2=C(c3ccc(O)cc3)[C@H]3O[C@@H]2C[C@@H]3S(=O)(=O)N(CC(F)(F)F)c2ccc(OC)cc2)cc1. The van der Waals surface area contributed by atoms with Gasteiger partial charge in [-0.15, -0.1) is 0 Å². The lowest BCUT2D eigenvalue weighted by Gasteiger charge is -2.32. The molecule has 1 saturated heterocycles. The number of anilines is 1. The van der Waals surface area contributed by atoms with Crippen LogP contribution in [-0.4, -0.2) is 57.4 Å². The van der Waals surface area contributed by atoms with E-state index < -0.39 is 40.2 Å². The molecule has 0 unspecified atom stereocenters. The summed E-state index contributed by atoms with van der Waals surface area (Å²) in [5.41, 5.74) is 2.66. The lowest BCUT2D eigenvalue weighted by atomic mass is 9.83. The molecule has 0 saturated carbocycles. The fourth-order valence-corrected chi connectivity index (χ4v) is 8.21. The number of hydrogen-bond donors (Lipinski definition) is 1. The summed E-state index contributed by atoms with van der Waals surface area (Å²) in [6, 6.07) is 19.3. The van der Waals surface area contributed by atoms with Crippen molar-refractivity contribution in [3.63, 3.8) is 0 Å². The number of sulfonamides is 1. The Bertz CT molecular complexity index is 1590. The summed E-state index contributed by atoms with van der Waals surface area (Å²) < 4.78 is 87.3. The van der Waals surface area contributed by atoms with Gasteiger partial charge in [0.1, 0.15) is 35.1 Å². The zero-order chi connectivity index (χ0) is 32.9. The highest BCUT2D eigenvalue weighted by atomic mass is 32.2. The normalized spacial score (nSPS) is 19.5. The summed E-state index contributed by atoms with van der Waals surface area (Å²) in [6.07, 6.45) is 0.486. The molecule has 3 aromatic rings. The smallest absolute Gasteiger partial charge is 0.407 e. The molecule has 2 aliphatic rings. The van der Waals surface area contributed by atoms with Crippen LogP contribution in [0.5, 0.6) is 17.2 Å². The maximum atomic E-state index is 14.1. The topological polar surface area (TPSA) is 85.3 Å². The Morgan fingerprint density at radius 1 is 0.848 bits per heavy atom. The number of alkyl halides is 3. The molecule has 11 heteroatoms. The fourth-order valence-electron chi connectivity index (χ4n) is 6.21. The van der Waals surface area contributed by atoms with E-state index in [4.69, 9.17) is 14.2 Å². The summed E-state index contributed by atoms with van der Waals surface area (Å²) in [7, 11) is -3.16. The van der Waals surface area contributed by atoms with Crippen LogP contribution in [0.2, 0.25) is 0 Å². The van der Waals surface area contributed by atoms with Crippen LogP contribution < -0.4 is 13.8 Å². The number of benzene rings is 3. The molecular weight excluding hydrogens is 619 g/mol. The summed E-state index contributed by atoms with van der Waals surface area (Å²) in [5, 5.41) is 8.66. The molecule has 5 rings (SSSR count). The van der Waals surface area contributed by atoms with E-state index in [9.17, 15) is 26.7 Å². The number of rotatable bonds is 15. The Morgan fingerprint density at radius 2 is 1.43 bits per heavy atom. The highest BCUT2D eigenvalue weighted by Gasteiger charge is 2.55. The Morgan fingerprint density at radius 3 is 2.07 bits per heavy atom. The molecule has 0 radical (unpaired) electrons. The van der Waals surface area contributed by atoms with Crippen molar-refractivity contribution in [2.75, 3.05) is 24.6 Å². The summed E-state index contributed by atoms with van der Waals surface area (Å²) >= 11 is 0. The third kappa shape index (κ3) is 7.63. The van der Waals surface area contributed by atoms with Crippen LogP contribution in [0, 0.1) is 0 Å². The maximum absolute atomic E-state index is 14.1. The summed E-state index contributed by atoms with van der Waals surface area (Å²) in [5.74, 6) is 1.13. The molecule has 3 aromatic carbocycles. The van der Waals surface area contributed by atoms with Gasteiger partial charge in [-0.2, -0.15) is 13.2 Å². The minimum atomic E-state index is -4.79. The number of aromatic hydroxyl groups is 1. The number of phenols is 1. The molecule has 2 bridgehead atoms. The molecule has 7 nitrogen and oxygen atoms in total. The van der Waals surface area contributed by atoms with Crippen molar-refractivity contribution in [1.29, 1.82) is 0 Å². The van der Waals surface area contributed by atoms with Crippen molar-refractivity contribution in [3.05, 3.63) is 83.9 Å². The highest BCUT2D eigenvalue weighted by molar-refractivity contribution is 7.93. The van der Waals surface area contributed by atoms with Gasteiger partial charge in [-0.1, -0.05) is 63.3 Å². The van der Waals surface area contributed by atoms with Crippen molar-refractivity contribution >= 4 is 26.9 Å². The van der Waals surface area contributed by atoms with Gasteiger partial charge in [-0.3, -0.25) is 4.31 Å². The van der Waals surface area contributed by atoms with Crippen molar-refractivity contribution in [3.8, 4) is 17.2 Å². The van der Waals surface area contributed by atoms with Gasteiger partial charge in [-0.25, -0.2) is 8.42 Å². The van der Waals surface area contributed by atoms with E-state index in [1.165, 1.54) is 69.2 Å². The third-order valence-corrected chi connectivity index (χ3v) is 10.6. The van der Waals surface area contributed by atoms with Gasteiger partial charge < -0.3 is 19.3 Å². The van der Waals surface area contributed by atoms with Gasteiger partial charge in [0.25, 0.3) is 0 Å². The second kappa shape index (κ2) is 14.4. The van der Waals surface area contributed by atoms with Crippen molar-refractivity contribution in [2.24, 2.45) is 0 Å². The number of hydrogen-bond acceptors (Lipinski definition) is 6. The van der Waals surface area contributed by atoms with E-state index in [1.807, 2.05) is 24.3 Å². The first-order valence-electron chi connectivity index (χ1n) is 15.7. The molecule has 1 N–H and O–H groups in total. The summed E-state index contributed by atoms with van der Waals surface area (Å²) in [6.45, 7) is 1.12. The van der Waals surface area contributed by atoms with Gasteiger partial charge in [0.2, 0.25) is 10.0 Å². The van der Waals surface area contributed by atoms with E-state index in [-0.39, 0.29) is 17.9 Å². The third-order valence-electron chi connectivity index (χ3n) is 8.47. The van der Waals surface area contributed by atoms with Gasteiger partial charge in [0.15, 0.2) is 0 Å². The van der Waals surface area contributed by atoms with Crippen LogP contribution in [0.15, 0.2) is 72.8 Å². The largest absolute Gasteiger partial charge is 0.508 e. The Kier molecular flexibility index (Phi) is 10.5. The Balaban J connectivity index is 1.43. The van der Waals surface area contributed by atoms with Crippen molar-refractivity contribution < 1.29 is 40.9 Å². The van der Waals surface area contributed by atoms with Gasteiger partial charge in [-0.05, 0) is 83.6 Å². The molecule has 0 aliphatic carbocycles. The quantitative estimate of drug-likeness (QED) is 0.167. The molecule has 0 amide bonds. The average molecular weight is 660 g/mol. The lowest BCUT2D eigenvalue weighted by Crippen LogP contribution is -2.47. The second-order valence-corrected chi connectivity index (χ2v) is 13.8. The van der Waals surface area contributed by atoms with Crippen LogP contribution in [0.3, 0.4) is 0 Å². The first-order valence-corrected chi connectivity index (χ1v) is 17.2. The average Bonchev–Trinajstić information content (AvgIpc) is 3.64. The minimum Gasteiger partial charge on any atom is -0.508 e. The molecule has 1 fully saturated rings.